The molecule has 0 atom stereocenters. The van der Waals surface area contributed by atoms with Crippen molar-refractivity contribution in [3.63, 3.8) is 0 Å². The minimum atomic E-state index is -1.19. The molecule has 0 spiro atoms. The van der Waals surface area contributed by atoms with E-state index in [1.807, 2.05) is 12.1 Å². The van der Waals surface area contributed by atoms with Crippen LogP contribution in [0, 0.1) is 0 Å². The molecule has 2 aromatic carbocycles. The summed E-state index contributed by atoms with van der Waals surface area (Å²) in [6.45, 7) is 0.302. The molecule has 0 amide bonds. The maximum absolute atomic E-state index is 12.0. The largest absolute Gasteiger partial charge is 1.00 e. The van der Waals surface area contributed by atoms with Crippen LogP contribution >= 0.6 is 0 Å². The maximum atomic E-state index is 12.0. The van der Waals surface area contributed by atoms with E-state index >= 15 is 0 Å². The molecular weight excluding hydrogens is 303 g/mol. The van der Waals surface area contributed by atoms with E-state index in [4.69, 9.17) is 4.74 Å². The molecule has 0 fully saturated rings. The Hall–Kier alpha value is -1.62. The van der Waals surface area contributed by atoms with E-state index in [1.54, 1.807) is 18.2 Å². The van der Waals surface area contributed by atoms with Crippen LogP contribution in [-0.2, 0) is 13.0 Å². The number of hydrogen-bond donors (Lipinski definition) is 0. The molecule has 2 aromatic rings. The molecule has 110 valence electrons. The maximum Gasteiger partial charge on any atom is 1.00 e. The predicted molar refractivity (Wildman–Crippen MR) is 77.8 cm³/mol. The Labute approximate surface area is 155 Å². The number of fused-ring (bicyclic) bond motifs is 4. The van der Waals surface area contributed by atoms with E-state index in [0.717, 1.165) is 40.7 Å². The van der Waals surface area contributed by atoms with Crippen molar-refractivity contribution in [2.75, 3.05) is 0 Å². The number of hydrogen-bond acceptors (Lipinski definition) is 4. The number of rotatable bonds is 1. The molecule has 0 N–H and O–H groups in total. The smallest absolute Gasteiger partial charge is 0.545 e. The van der Waals surface area contributed by atoms with Crippen molar-refractivity contribution < 1.29 is 49.0 Å². The van der Waals surface area contributed by atoms with Crippen molar-refractivity contribution in [1.82, 2.24) is 0 Å². The first-order valence-electron chi connectivity index (χ1n) is 7.31. The minimum Gasteiger partial charge on any atom is -0.545 e. The summed E-state index contributed by atoms with van der Waals surface area (Å²) in [5.41, 5.74) is 4.69. The second kappa shape index (κ2) is 6.11. The summed E-state index contributed by atoms with van der Waals surface area (Å²) in [6.07, 6.45) is 2.36. The fraction of sp³-hybridized carbons (Fsp3) is 0.222. The van der Waals surface area contributed by atoms with Gasteiger partial charge in [0.1, 0.15) is 12.4 Å². The molecular formula is C18H13NaO4. The topological polar surface area (TPSA) is 66.4 Å². The molecule has 0 aromatic heterocycles. The van der Waals surface area contributed by atoms with Gasteiger partial charge in [-0.1, -0.05) is 12.1 Å². The molecule has 0 radical (unpaired) electrons. The van der Waals surface area contributed by atoms with Crippen LogP contribution in [0.1, 0.15) is 44.7 Å². The van der Waals surface area contributed by atoms with Gasteiger partial charge < -0.3 is 14.6 Å². The Bertz CT molecular complexity index is 826. The van der Waals surface area contributed by atoms with Crippen LogP contribution in [0.25, 0.3) is 11.1 Å². The number of aromatic carboxylic acids is 1. The summed E-state index contributed by atoms with van der Waals surface area (Å²) in [5.74, 6) is -0.321. The molecule has 1 aliphatic carbocycles. The standard InChI is InChI=1S/C18H14O4.Na/c19-16-3-1-2-10-7-15-13-5-4-11(18(20)21)6-12(13)9-22-17(15)8-14(10)16;/h4-8H,1-3,9H2,(H,20,21);/q;+1/p-1. The Morgan fingerprint density at radius 3 is 2.61 bits per heavy atom. The van der Waals surface area contributed by atoms with Gasteiger partial charge in [0.25, 0.3) is 0 Å². The van der Waals surface area contributed by atoms with Gasteiger partial charge in [0.15, 0.2) is 5.78 Å². The van der Waals surface area contributed by atoms with Gasteiger partial charge in [-0.15, -0.1) is 0 Å². The van der Waals surface area contributed by atoms with Crippen LogP contribution in [-0.4, -0.2) is 11.8 Å². The Morgan fingerprint density at radius 2 is 1.83 bits per heavy atom. The normalized spacial score (nSPS) is 14.7. The zero-order valence-corrected chi connectivity index (χ0v) is 14.8. The van der Waals surface area contributed by atoms with Gasteiger partial charge in [-0.2, -0.15) is 0 Å². The molecule has 23 heavy (non-hydrogen) atoms. The van der Waals surface area contributed by atoms with Crippen LogP contribution < -0.4 is 39.4 Å². The molecule has 0 saturated heterocycles. The molecule has 4 nitrogen and oxygen atoms in total. The zero-order valence-electron chi connectivity index (χ0n) is 12.8. The summed E-state index contributed by atoms with van der Waals surface area (Å²) in [7, 11) is 0. The van der Waals surface area contributed by atoms with Crippen molar-refractivity contribution in [3.8, 4) is 16.9 Å². The number of ether oxygens (including phenoxy) is 1. The Morgan fingerprint density at radius 1 is 1.00 bits per heavy atom. The molecule has 0 unspecified atom stereocenters. The van der Waals surface area contributed by atoms with Crippen molar-refractivity contribution >= 4 is 11.8 Å². The van der Waals surface area contributed by atoms with Gasteiger partial charge in [0.05, 0.1) is 5.97 Å². The fourth-order valence-electron chi connectivity index (χ4n) is 3.25. The van der Waals surface area contributed by atoms with Gasteiger partial charge in [-0.05, 0) is 53.3 Å². The predicted octanol–water partition coefficient (Wildman–Crippen LogP) is -0.867. The van der Waals surface area contributed by atoms with Crippen molar-refractivity contribution in [3.05, 3.63) is 52.6 Å². The van der Waals surface area contributed by atoms with Gasteiger partial charge in [0, 0.05) is 17.5 Å². The van der Waals surface area contributed by atoms with Crippen molar-refractivity contribution in [1.29, 1.82) is 0 Å². The molecule has 1 aliphatic heterocycles. The Kier molecular flexibility index (Phi) is 4.32. The quantitative estimate of drug-likeness (QED) is 0.642. The average Bonchev–Trinajstić information content (AvgIpc) is 2.53. The second-order valence-electron chi connectivity index (χ2n) is 5.73. The van der Waals surface area contributed by atoms with E-state index in [9.17, 15) is 14.7 Å². The van der Waals surface area contributed by atoms with Crippen LogP contribution in [0.15, 0.2) is 30.3 Å². The second-order valence-corrected chi connectivity index (χ2v) is 5.73. The number of aryl methyl sites for hydroxylation is 1. The molecule has 4 rings (SSSR count). The fourth-order valence-corrected chi connectivity index (χ4v) is 3.25. The number of ketones is 1. The van der Waals surface area contributed by atoms with Crippen LogP contribution in [0.3, 0.4) is 0 Å². The van der Waals surface area contributed by atoms with Crippen LogP contribution in [0.4, 0.5) is 0 Å². The van der Waals surface area contributed by atoms with Crippen molar-refractivity contribution in [2.45, 2.75) is 25.9 Å². The molecule has 0 bridgehead atoms. The molecule has 2 aliphatic rings. The minimum absolute atomic E-state index is 0. The number of carboxylic acids is 1. The van der Waals surface area contributed by atoms with E-state index in [0.29, 0.717) is 18.8 Å². The SMILES string of the molecule is O=C([O-])c1ccc2c(c1)COc1cc3c(cc1-2)CCCC3=O.[Na+]. The third-order valence-electron chi connectivity index (χ3n) is 4.37. The first-order chi connectivity index (χ1) is 10.6. The third-order valence-corrected chi connectivity index (χ3v) is 4.37. The summed E-state index contributed by atoms with van der Waals surface area (Å²) in [6, 6.07) is 8.78. The van der Waals surface area contributed by atoms with E-state index in [-0.39, 0.29) is 40.9 Å². The molecule has 0 saturated carbocycles. The van der Waals surface area contributed by atoms with Crippen LogP contribution in [0.2, 0.25) is 0 Å². The van der Waals surface area contributed by atoms with E-state index < -0.39 is 5.97 Å². The number of carbonyl (C=O) groups is 2. The summed E-state index contributed by atoms with van der Waals surface area (Å²) < 4.78 is 5.73. The van der Waals surface area contributed by atoms with Gasteiger partial charge in [-0.25, -0.2) is 0 Å². The molecule has 5 heteroatoms. The summed E-state index contributed by atoms with van der Waals surface area (Å²) in [4.78, 5) is 23.0. The van der Waals surface area contributed by atoms with E-state index in [1.165, 1.54) is 0 Å². The first-order valence-corrected chi connectivity index (χ1v) is 7.31. The summed E-state index contributed by atoms with van der Waals surface area (Å²) >= 11 is 0. The number of carboxylic acid groups (broad SMARTS) is 1. The monoisotopic (exact) mass is 316 g/mol. The zero-order chi connectivity index (χ0) is 15.3. The van der Waals surface area contributed by atoms with E-state index in [2.05, 4.69) is 0 Å². The first kappa shape index (κ1) is 16.2. The molecule has 1 heterocycles. The Balaban J connectivity index is 0.00000156. The number of carbonyl (C=O) groups excluding carboxylic acids is 2. The van der Waals surface area contributed by atoms with Gasteiger partial charge in [0.2, 0.25) is 0 Å². The van der Waals surface area contributed by atoms with Crippen molar-refractivity contribution in [2.24, 2.45) is 0 Å². The van der Waals surface area contributed by atoms with Gasteiger partial charge in [-0.3, -0.25) is 4.79 Å². The number of Topliss-reactive ketones (excluding diaryl/α,β-unsaturated/α-hetero) is 1. The van der Waals surface area contributed by atoms with Crippen LogP contribution in [0.5, 0.6) is 5.75 Å². The third kappa shape index (κ3) is 2.71. The van der Waals surface area contributed by atoms with Gasteiger partial charge >= 0.3 is 29.6 Å². The average molecular weight is 316 g/mol. The summed E-state index contributed by atoms with van der Waals surface area (Å²) in [5, 5.41) is 11.0. The number of benzene rings is 2.